The van der Waals surface area contributed by atoms with E-state index in [-0.39, 0.29) is 23.7 Å². The number of nitrogens with one attached hydrogen (secondary N) is 2. The molecule has 2 heterocycles. The van der Waals surface area contributed by atoms with E-state index in [1.807, 2.05) is 30.3 Å². The van der Waals surface area contributed by atoms with E-state index in [1.54, 1.807) is 12.1 Å². The number of methoxy groups -OCH3 is 3. The van der Waals surface area contributed by atoms with Crippen LogP contribution in [0.15, 0.2) is 52.4 Å². The summed E-state index contributed by atoms with van der Waals surface area (Å²) in [4.78, 5) is 33.0. The monoisotopic (exact) mass is 453 g/mol. The topological polar surface area (TPSA) is 103 Å². The Morgan fingerprint density at radius 1 is 1.00 bits per heavy atom. The van der Waals surface area contributed by atoms with Crippen LogP contribution in [0.3, 0.4) is 0 Å². The Morgan fingerprint density at radius 2 is 1.69 bits per heavy atom. The number of ether oxygens (including phenoxy) is 3. The lowest BCUT2D eigenvalue weighted by atomic mass is 9.86. The van der Waals surface area contributed by atoms with E-state index in [4.69, 9.17) is 14.2 Å². The standard InChI is InChI=1S/C23H23N3O5S/c1-29-16-11-18(31-3)17(30-2)9-14(16)15-10-19(27)24-21-20(15)22(28)26-23(25-21)32-12-13-7-5-4-6-8-13/h4-9,11,15H,10,12H2,1-3H3,(H2,24,25,26,27,28)/t15-/m0/s1. The first kappa shape index (κ1) is 21.8. The van der Waals surface area contributed by atoms with Crippen molar-refractivity contribution in [2.24, 2.45) is 0 Å². The van der Waals surface area contributed by atoms with Crippen molar-refractivity contribution in [3.05, 3.63) is 69.5 Å². The third kappa shape index (κ3) is 4.29. The van der Waals surface area contributed by atoms with Gasteiger partial charge in [0, 0.05) is 29.7 Å². The highest BCUT2D eigenvalue weighted by molar-refractivity contribution is 7.98. The van der Waals surface area contributed by atoms with Gasteiger partial charge in [0.1, 0.15) is 11.6 Å². The van der Waals surface area contributed by atoms with E-state index in [0.717, 1.165) is 5.56 Å². The minimum Gasteiger partial charge on any atom is -0.496 e. The van der Waals surface area contributed by atoms with Crippen molar-refractivity contribution in [1.29, 1.82) is 0 Å². The normalized spacial score (nSPS) is 15.0. The molecule has 0 unspecified atom stereocenters. The minimum atomic E-state index is -0.544. The first-order chi connectivity index (χ1) is 15.5. The van der Waals surface area contributed by atoms with Gasteiger partial charge in [-0.05, 0) is 11.6 Å². The molecule has 4 rings (SSSR count). The molecule has 0 spiro atoms. The minimum absolute atomic E-state index is 0.0834. The van der Waals surface area contributed by atoms with Crippen molar-refractivity contribution >= 4 is 23.5 Å². The van der Waals surface area contributed by atoms with E-state index >= 15 is 0 Å². The maximum atomic E-state index is 13.1. The Hall–Kier alpha value is -3.46. The summed E-state index contributed by atoms with van der Waals surface area (Å²) in [5.41, 5.74) is 1.85. The van der Waals surface area contributed by atoms with E-state index in [0.29, 0.717) is 39.3 Å². The number of thioether (sulfide) groups is 1. The predicted octanol–water partition coefficient (Wildman–Crippen LogP) is 3.56. The highest BCUT2D eigenvalue weighted by atomic mass is 32.2. The zero-order valence-electron chi connectivity index (χ0n) is 17.9. The highest BCUT2D eigenvalue weighted by Crippen LogP contribution is 2.43. The molecule has 3 aromatic rings. The maximum Gasteiger partial charge on any atom is 0.257 e. The molecule has 9 heteroatoms. The molecule has 0 saturated carbocycles. The van der Waals surface area contributed by atoms with Crippen LogP contribution in [0.4, 0.5) is 5.82 Å². The average molecular weight is 454 g/mol. The summed E-state index contributed by atoms with van der Waals surface area (Å²) in [5.74, 6) is 1.61. The van der Waals surface area contributed by atoms with E-state index in [2.05, 4.69) is 15.3 Å². The summed E-state index contributed by atoms with van der Waals surface area (Å²) < 4.78 is 16.3. The fourth-order valence-corrected chi connectivity index (χ4v) is 4.55. The average Bonchev–Trinajstić information content (AvgIpc) is 2.81. The van der Waals surface area contributed by atoms with Crippen molar-refractivity contribution in [2.75, 3.05) is 26.6 Å². The summed E-state index contributed by atoms with van der Waals surface area (Å²) in [7, 11) is 4.59. The van der Waals surface area contributed by atoms with Gasteiger partial charge in [0.15, 0.2) is 16.7 Å². The van der Waals surface area contributed by atoms with Crippen LogP contribution < -0.4 is 25.1 Å². The zero-order chi connectivity index (χ0) is 22.7. The molecule has 1 aliphatic rings. The number of H-pyrrole nitrogens is 1. The van der Waals surface area contributed by atoms with Gasteiger partial charge >= 0.3 is 0 Å². The summed E-state index contributed by atoms with van der Waals surface area (Å²) in [6.07, 6.45) is 0.0834. The van der Waals surface area contributed by atoms with Gasteiger partial charge in [0.05, 0.1) is 26.9 Å². The van der Waals surface area contributed by atoms with Crippen LogP contribution in [-0.4, -0.2) is 37.2 Å². The highest BCUT2D eigenvalue weighted by Gasteiger charge is 2.33. The number of nitrogens with zero attached hydrogens (tertiary/aromatic N) is 1. The maximum absolute atomic E-state index is 13.1. The van der Waals surface area contributed by atoms with E-state index in [9.17, 15) is 9.59 Å². The summed E-state index contributed by atoms with van der Waals surface area (Å²) >= 11 is 1.40. The number of aromatic amines is 1. The fraction of sp³-hybridized carbons (Fsp3) is 0.261. The number of anilines is 1. The van der Waals surface area contributed by atoms with Crippen LogP contribution in [0.25, 0.3) is 0 Å². The third-order valence-corrected chi connectivity index (χ3v) is 6.20. The van der Waals surface area contributed by atoms with Crippen molar-refractivity contribution in [1.82, 2.24) is 9.97 Å². The zero-order valence-corrected chi connectivity index (χ0v) is 18.7. The Balaban J connectivity index is 1.74. The fourth-order valence-electron chi connectivity index (χ4n) is 3.74. The lowest BCUT2D eigenvalue weighted by Crippen LogP contribution is -2.31. The van der Waals surface area contributed by atoms with Crippen LogP contribution >= 0.6 is 11.8 Å². The molecule has 0 aliphatic carbocycles. The largest absolute Gasteiger partial charge is 0.496 e. The lowest BCUT2D eigenvalue weighted by molar-refractivity contribution is -0.116. The van der Waals surface area contributed by atoms with Crippen LogP contribution in [0.1, 0.15) is 29.0 Å². The third-order valence-electron chi connectivity index (χ3n) is 5.26. The number of hydrogen-bond acceptors (Lipinski definition) is 7. The molecule has 2 N–H and O–H groups in total. The van der Waals surface area contributed by atoms with Crippen molar-refractivity contribution in [2.45, 2.75) is 23.2 Å². The van der Waals surface area contributed by atoms with Crippen LogP contribution in [0.5, 0.6) is 17.2 Å². The first-order valence-electron chi connectivity index (χ1n) is 9.94. The number of carbonyl (C=O) groups is 1. The number of hydrogen-bond donors (Lipinski definition) is 2. The van der Waals surface area contributed by atoms with Crippen molar-refractivity contribution < 1.29 is 19.0 Å². The molecule has 0 fully saturated rings. The smallest absolute Gasteiger partial charge is 0.257 e. The van der Waals surface area contributed by atoms with Crippen molar-refractivity contribution in [3.8, 4) is 17.2 Å². The summed E-state index contributed by atoms with van der Waals surface area (Å²) in [5, 5.41) is 3.19. The second-order valence-corrected chi connectivity index (χ2v) is 8.13. The molecule has 0 bridgehead atoms. The van der Waals surface area contributed by atoms with Gasteiger partial charge in [-0.2, -0.15) is 0 Å². The van der Waals surface area contributed by atoms with Crippen LogP contribution in [0.2, 0.25) is 0 Å². The van der Waals surface area contributed by atoms with Crippen LogP contribution in [-0.2, 0) is 10.5 Å². The molecule has 1 atom stereocenters. The molecule has 1 amide bonds. The molecule has 0 radical (unpaired) electrons. The first-order valence-corrected chi connectivity index (χ1v) is 10.9. The summed E-state index contributed by atoms with van der Waals surface area (Å²) in [6, 6.07) is 13.3. The van der Waals surface area contributed by atoms with Crippen LogP contribution in [0, 0.1) is 0 Å². The molecule has 8 nitrogen and oxygen atoms in total. The number of fused-ring (bicyclic) bond motifs is 1. The van der Waals surface area contributed by atoms with Gasteiger partial charge in [0.2, 0.25) is 5.91 Å². The Labute approximate surface area is 189 Å². The summed E-state index contributed by atoms with van der Waals surface area (Å²) in [6.45, 7) is 0. The quantitative estimate of drug-likeness (QED) is 0.416. The molecule has 1 aromatic heterocycles. The number of benzene rings is 2. The van der Waals surface area contributed by atoms with Gasteiger partial charge < -0.3 is 24.5 Å². The van der Waals surface area contributed by atoms with Crippen molar-refractivity contribution in [3.63, 3.8) is 0 Å². The number of amides is 1. The molecule has 1 aliphatic heterocycles. The second kappa shape index (κ2) is 9.35. The number of rotatable bonds is 7. The number of carbonyl (C=O) groups excluding carboxylic acids is 1. The second-order valence-electron chi connectivity index (χ2n) is 7.16. The lowest BCUT2D eigenvalue weighted by Gasteiger charge is -2.26. The SMILES string of the molecule is COc1cc(OC)c([C@@H]2CC(=O)Nc3nc(SCc4ccccc4)[nH]c(=O)c32)cc1OC. The Bertz CT molecular complexity index is 1200. The van der Waals surface area contributed by atoms with Gasteiger partial charge in [-0.1, -0.05) is 42.1 Å². The predicted molar refractivity (Wildman–Crippen MR) is 122 cm³/mol. The Morgan fingerprint density at radius 3 is 2.38 bits per heavy atom. The molecule has 0 saturated heterocycles. The molecule has 166 valence electrons. The number of aromatic nitrogens is 2. The van der Waals surface area contributed by atoms with Gasteiger partial charge in [-0.15, -0.1) is 0 Å². The molecule has 2 aromatic carbocycles. The van der Waals surface area contributed by atoms with E-state index < -0.39 is 5.92 Å². The Kier molecular flexibility index (Phi) is 6.36. The van der Waals surface area contributed by atoms with Gasteiger partial charge in [-0.3, -0.25) is 9.59 Å². The van der Waals surface area contributed by atoms with E-state index in [1.165, 1.54) is 33.1 Å². The van der Waals surface area contributed by atoms with Gasteiger partial charge in [0.25, 0.3) is 5.56 Å². The molecular formula is C23H23N3O5S. The molecule has 32 heavy (non-hydrogen) atoms. The molecular weight excluding hydrogens is 430 g/mol. The van der Waals surface area contributed by atoms with Gasteiger partial charge in [-0.25, -0.2) is 4.98 Å².